The molecule has 0 unspecified atom stereocenters. The quantitative estimate of drug-likeness (QED) is 0.648. The predicted octanol–water partition coefficient (Wildman–Crippen LogP) is 2.28. The maximum atomic E-state index is 11.1. The topological polar surface area (TPSA) is 23.6 Å². The first-order valence-corrected chi connectivity index (χ1v) is 5.61. The van der Waals surface area contributed by atoms with Gasteiger partial charge in [0.05, 0.1) is 0 Å². The number of nitrogens with zero attached hydrogens (tertiary/aromatic N) is 2. The highest BCUT2D eigenvalue weighted by molar-refractivity contribution is 5.75. The highest BCUT2D eigenvalue weighted by Crippen LogP contribution is 2.07. The molecule has 1 rings (SSSR count). The molecular weight excluding hydrogens is 176 g/mol. The minimum atomic E-state index is 0.236. The molecule has 0 N–H and O–H groups in total. The molecule has 0 atom stereocenters. The van der Waals surface area contributed by atoms with Crippen LogP contribution in [0.3, 0.4) is 0 Å². The summed E-state index contributed by atoms with van der Waals surface area (Å²) in [6.07, 6.45) is 5.51. The van der Waals surface area contributed by atoms with Gasteiger partial charge in [0.2, 0.25) is 5.91 Å². The molecule has 1 heterocycles. The SMILES string of the molecule is CCCC.CN1CCCCC(=O)N1C. The van der Waals surface area contributed by atoms with Crippen molar-refractivity contribution in [3.8, 4) is 0 Å². The maximum Gasteiger partial charge on any atom is 0.236 e. The molecule has 14 heavy (non-hydrogen) atoms. The Balaban J connectivity index is 0.000000364. The number of unbranched alkanes of at least 4 members (excludes halogenated alkanes) is 1. The van der Waals surface area contributed by atoms with Crippen molar-refractivity contribution in [3.05, 3.63) is 0 Å². The molecule has 3 nitrogen and oxygen atoms in total. The summed E-state index contributed by atoms with van der Waals surface area (Å²) in [4.78, 5) is 11.1. The minimum Gasteiger partial charge on any atom is -0.279 e. The van der Waals surface area contributed by atoms with Gasteiger partial charge in [-0.2, -0.15) is 0 Å². The molecule has 0 aromatic heterocycles. The van der Waals surface area contributed by atoms with Gasteiger partial charge < -0.3 is 0 Å². The lowest BCUT2D eigenvalue weighted by molar-refractivity contribution is -0.141. The molecule has 0 aromatic carbocycles. The van der Waals surface area contributed by atoms with E-state index in [1.54, 1.807) is 5.01 Å². The van der Waals surface area contributed by atoms with Crippen LogP contribution in [-0.4, -0.2) is 36.6 Å². The Morgan fingerprint density at radius 3 is 2.21 bits per heavy atom. The van der Waals surface area contributed by atoms with Crippen molar-refractivity contribution in [2.75, 3.05) is 20.6 Å². The van der Waals surface area contributed by atoms with E-state index >= 15 is 0 Å². The van der Waals surface area contributed by atoms with E-state index in [2.05, 4.69) is 13.8 Å². The average Bonchev–Trinajstić information content (AvgIpc) is 2.34. The number of hydrazine groups is 1. The average molecular weight is 200 g/mol. The summed E-state index contributed by atoms with van der Waals surface area (Å²) in [6.45, 7) is 5.36. The van der Waals surface area contributed by atoms with Crippen LogP contribution in [0.4, 0.5) is 0 Å². The van der Waals surface area contributed by atoms with Gasteiger partial charge in [-0.25, -0.2) is 5.01 Å². The molecular formula is C11H24N2O. The standard InChI is InChI=1S/C7H14N2O.C4H10/c1-8-6-4-3-5-7(10)9(8)2;1-3-4-2/h3-6H2,1-2H3;3-4H2,1-2H3. The lowest BCUT2D eigenvalue weighted by Crippen LogP contribution is -2.39. The zero-order valence-corrected chi connectivity index (χ0v) is 10.0. The van der Waals surface area contributed by atoms with E-state index in [0.29, 0.717) is 6.42 Å². The Kier molecular flexibility index (Phi) is 7.48. The lowest BCUT2D eigenvalue weighted by atomic mass is 10.2. The molecule has 0 bridgehead atoms. The Morgan fingerprint density at radius 2 is 1.71 bits per heavy atom. The molecule has 1 saturated heterocycles. The smallest absolute Gasteiger partial charge is 0.236 e. The number of amides is 1. The summed E-state index contributed by atoms with van der Waals surface area (Å²) in [5, 5.41) is 3.67. The molecule has 0 aromatic rings. The fraction of sp³-hybridized carbons (Fsp3) is 0.909. The van der Waals surface area contributed by atoms with E-state index in [-0.39, 0.29) is 5.91 Å². The number of rotatable bonds is 1. The zero-order valence-electron chi connectivity index (χ0n) is 10.0. The van der Waals surface area contributed by atoms with Crippen LogP contribution in [0.25, 0.3) is 0 Å². The molecule has 1 aliphatic rings. The summed E-state index contributed by atoms with van der Waals surface area (Å²) in [6, 6.07) is 0. The monoisotopic (exact) mass is 200 g/mol. The van der Waals surface area contributed by atoms with E-state index in [1.807, 2.05) is 19.1 Å². The molecule has 84 valence electrons. The van der Waals surface area contributed by atoms with Crippen LogP contribution >= 0.6 is 0 Å². The zero-order chi connectivity index (χ0) is 11.0. The third-order valence-electron chi connectivity index (χ3n) is 2.50. The summed E-state index contributed by atoms with van der Waals surface area (Å²) >= 11 is 0. The number of hydrogen-bond acceptors (Lipinski definition) is 2. The van der Waals surface area contributed by atoms with Gasteiger partial charge in [0.15, 0.2) is 0 Å². The third kappa shape index (κ3) is 5.22. The van der Waals surface area contributed by atoms with Crippen molar-refractivity contribution in [1.29, 1.82) is 0 Å². The first-order chi connectivity index (χ1) is 6.63. The van der Waals surface area contributed by atoms with Gasteiger partial charge in [0.25, 0.3) is 0 Å². The van der Waals surface area contributed by atoms with Gasteiger partial charge >= 0.3 is 0 Å². The Morgan fingerprint density at radius 1 is 1.14 bits per heavy atom. The minimum absolute atomic E-state index is 0.236. The molecule has 0 spiro atoms. The van der Waals surface area contributed by atoms with Crippen molar-refractivity contribution in [1.82, 2.24) is 10.0 Å². The first-order valence-electron chi connectivity index (χ1n) is 5.61. The maximum absolute atomic E-state index is 11.1. The van der Waals surface area contributed by atoms with Crippen molar-refractivity contribution < 1.29 is 4.79 Å². The second-order valence-corrected chi connectivity index (χ2v) is 3.76. The van der Waals surface area contributed by atoms with Crippen molar-refractivity contribution in [2.45, 2.75) is 46.0 Å². The van der Waals surface area contributed by atoms with Crippen LogP contribution in [-0.2, 0) is 4.79 Å². The molecule has 3 heteroatoms. The van der Waals surface area contributed by atoms with Gasteiger partial charge in [-0.3, -0.25) is 9.80 Å². The van der Waals surface area contributed by atoms with E-state index in [1.165, 1.54) is 12.8 Å². The lowest BCUT2D eigenvalue weighted by Gasteiger charge is -2.25. The van der Waals surface area contributed by atoms with E-state index in [0.717, 1.165) is 19.4 Å². The second kappa shape index (κ2) is 7.80. The second-order valence-electron chi connectivity index (χ2n) is 3.76. The van der Waals surface area contributed by atoms with Crippen LogP contribution < -0.4 is 0 Å². The van der Waals surface area contributed by atoms with Gasteiger partial charge in [0, 0.05) is 27.1 Å². The van der Waals surface area contributed by atoms with Gasteiger partial charge in [-0.1, -0.05) is 26.7 Å². The summed E-state index contributed by atoms with van der Waals surface area (Å²) in [5.41, 5.74) is 0. The fourth-order valence-corrected chi connectivity index (χ4v) is 1.12. The van der Waals surface area contributed by atoms with Crippen LogP contribution in [0, 0.1) is 0 Å². The summed E-state index contributed by atoms with van der Waals surface area (Å²) in [7, 11) is 3.77. The highest BCUT2D eigenvalue weighted by atomic mass is 16.2. The van der Waals surface area contributed by atoms with Crippen LogP contribution in [0.2, 0.25) is 0 Å². The van der Waals surface area contributed by atoms with Crippen LogP contribution in [0.15, 0.2) is 0 Å². The molecule has 0 saturated carbocycles. The Bertz CT molecular complexity index is 157. The van der Waals surface area contributed by atoms with Gasteiger partial charge in [0.1, 0.15) is 0 Å². The number of carbonyl (C=O) groups excluding carboxylic acids is 1. The molecule has 1 aliphatic heterocycles. The first kappa shape index (κ1) is 13.4. The molecule has 1 amide bonds. The van der Waals surface area contributed by atoms with Gasteiger partial charge in [-0.05, 0) is 12.8 Å². The molecule has 1 fully saturated rings. The van der Waals surface area contributed by atoms with Crippen molar-refractivity contribution in [3.63, 3.8) is 0 Å². The van der Waals surface area contributed by atoms with Crippen molar-refractivity contribution >= 4 is 5.91 Å². The van der Waals surface area contributed by atoms with Crippen LogP contribution in [0.5, 0.6) is 0 Å². The Hall–Kier alpha value is -0.570. The predicted molar refractivity (Wildman–Crippen MR) is 59.8 cm³/mol. The summed E-state index contributed by atoms with van der Waals surface area (Å²) in [5.74, 6) is 0.236. The van der Waals surface area contributed by atoms with Crippen LogP contribution in [0.1, 0.15) is 46.0 Å². The summed E-state index contributed by atoms with van der Waals surface area (Å²) < 4.78 is 0. The fourth-order valence-electron chi connectivity index (χ4n) is 1.12. The third-order valence-corrected chi connectivity index (χ3v) is 2.50. The van der Waals surface area contributed by atoms with Gasteiger partial charge in [-0.15, -0.1) is 0 Å². The van der Waals surface area contributed by atoms with Crippen molar-refractivity contribution in [2.24, 2.45) is 0 Å². The van der Waals surface area contributed by atoms with E-state index < -0.39 is 0 Å². The Labute approximate surface area is 88.0 Å². The number of carbonyl (C=O) groups is 1. The normalized spacial score (nSPS) is 18.6. The van der Waals surface area contributed by atoms with E-state index in [4.69, 9.17) is 0 Å². The highest BCUT2D eigenvalue weighted by Gasteiger charge is 2.16. The number of hydrogen-bond donors (Lipinski definition) is 0. The molecule has 0 aliphatic carbocycles. The molecule has 0 radical (unpaired) electrons. The van der Waals surface area contributed by atoms with E-state index in [9.17, 15) is 4.79 Å². The largest absolute Gasteiger partial charge is 0.279 e.